The molecule has 1 aliphatic heterocycles. The van der Waals surface area contributed by atoms with Crippen LogP contribution in [0.15, 0.2) is 71.0 Å². The highest BCUT2D eigenvalue weighted by atomic mass is 32.2. The summed E-state index contributed by atoms with van der Waals surface area (Å²) in [7, 11) is -3.42. The Hall–Kier alpha value is -1.87. The van der Waals surface area contributed by atoms with Crippen LogP contribution in [0.5, 0.6) is 0 Å². The van der Waals surface area contributed by atoms with Crippen molar-refractivity contribution in [2.45, 2.75) is 4.90 Å². The number of nitrogens with zero attached hydrogens (tertiary/aromatic N) is 2. The van der Waals surface area contributed by atoms with E-state index in [9.17, 15) is 8.42 Å². The number of piperazine rings is 1. The fourth-order valence-corrected chi connectivity index (χ4v) is 5.16. The van der Waals surface area contributed by atoms with E-state index in [4.69, 9.17) is 12.2 Å². The van der Waals surface area contributed by atoms with Gasteiger partial charge in [0.1, 0.15) is 0 Å². The van der Waals surface area contributed by atoms with Crippen molar-refractivity contribution in [3.8, 4) is 0 Å². The largest absolute Gasteiger partial charge is 0.362 e. The van der Waals surface area contributed by atoms with Crippen molar-refractivity contribution in [3.05, 3.63) is 71.6 Å². The maximum absolute atomic E-state index is 12.6. The van der Waals surface area contributed by atoms with Crippen LogP contribution < -0.4 is 5.32 Å². The zero-order valence-corrected chi connectivity index (χ0v) is 18.6. The van der Waals surface area contributed by atoms with Crippen molar-refractivity contribution in [1.82, 2.24) is 14.5 Å². The SMILES string of the molecule is O=S(=O)(/C=C/c1ccccc1)N1CCN(C(=S)NCCSc2ccccc2)CC1. The van der Waals surface area contributed by atoms with Crippen LogP contribution in [0.4, 0.5) is 0 Å². The third-order valence-electron chi connectivity index (χ3n) is 4.51. The van der Waals surface area contributed by atoms with Crippen molar-refractivity contribution >= 4 is 45.2 Å². The van der Waals surface area contributed by atoms with Gasteiger partial charge in [0.15, 0.2) is 5.11 Å². The van der Waals surface area contributed by atoms with Gasteiger partial charge < -0.3 is 10.2 Å². The standard InChI is InChI=1S/C21H25N3O2S3/c25-29(26,18-11-19-7-3-1-4-8-19)24-15-13-23(14-16-24)21(27)22-12-17-28-20-9-5-2-6-10-20/h1-11,18H,12-17H2,(H,22,27)/b18-11+. The van der Waals surface area contributed by atoms with Crippen molar-refractivity contribution in [3.63, 3.8) is 0 Å². The second-order valence-electron chi connectivity index (χ2n) is 6.54. The molecule has 29 heavy (non-hydrogen) atoms. The Balaban J connectivity index is 1.41. The summed E-state index contributed by atoms with van der Waals surface area (Å²) in [5.74, 6) is 0.919. The maximum atomic E-state index is 12.6. The van der Waals surface area contributed by atoms with E-state index in [0.717, 1.165) is 17.9 Å². The Morgan fingerprint density at radius 3 is 2.28 bits per heavy atom. The second kappa shape index (κ2) is 10.8. The highest BCUT2D eigenvalue weighted by molar-refractivity contribution is 7.99. The smallest absolute Gasteiger partial charge is 0.236 e. The summed E-state index contributed by atoms with van der Waals surface area (Å²) in [6.45, 7) is 2.83. The van der Waals surface area contributed by atoms with E-state index < -0.39 is 10.0 Å². The molecule has 2 aromatic carbocycles. The van der Waals surface area contributed by atoms with Gasteiger partial charge in [-0.05, 0) is 36.0 Å². The van der Waals surface area contributed by atoms with Gasteiger partial charge in [-0.2, -0.15) is 4.31 Å². The number of benzene rings is 2. The lowest BCUT2D eigenvalue weighted by molar-refractivity contribution is 0.266. The average molecular weight is 448 g/mol. The van der Waals surface area contributed by atoms with E-state index in [1.54, 1.807) is 17.8 Å². The van der Waals surface area contributed by atoms with Crippen molar-refractivity contribution in [2.24, 2.45) is 0 Å². The third-order valence-corrected chi connectivity index (χ3v) is 7.49. The first kappa shape index (κ1) is 21.8. The molecule has 0 saturated carbocycles. The van der Waals surface area contributed by atoms with Crippen LogP contribution in [-0.2, 0) is 10.0 Å². The predicted octanol–water partition coefficient (Wildman–Crippen LogP) is 3.27. The number of thioether (sulfide) groups is 1. The number of thiocarbonyl (C=S) groups is 1. The molecule has 1 aliphatic rings. The number of hydrogen-bond acceptors (Lipinski definition) is 4. The second-order valence-corrected chi connectivity index (χ2v) is 9.91. The molecular weight excluding hydrogens is 422 g/mol. The van der Waals surface area contributed by atoms with Crippen molar-refractivity contribution in [1.29, 1.82) is 0 Å². The van der Waals surface area contributed by atoms with E-state index >= 15 is 0 Å². The van der Waals surface area contributed by atoms with Gasteiger partial charge >= 0.3 is 0 Å². The first-order valence-corrected chi connectivity index (χ1v) is 12.4. The lowest BCUT2D eigenvalue weighted by Gasteiger charge is -2.35. The van der Waals surface area contributed by atoms with Crippen LogP contribution in [-0.4, -0.2) is 61.2 Å². The zero-order chi connectivity index (χ0) is 20.5. The van der Waals surface area contributed by atoms with Gasteiger partial charge in [0.2, 0.25) is 10.0 Å². The van der Waals surface area contributed by atoms with Crippen molar-refractivity contribution < 1.29 is 8.42 Å². The Kier molecular flexibility index (Phi) is 8.11. The summed E-state index contributed by atoms with van der Waals surface area (Å²) in [5, 5.41) is 5.25. The van der Waals surface area contributed by atoms with Crippen LogP contribution in [0.3, 0.4) is 0 Å². The Morgan fingerprint density at radius 1 is 1.00 bits per heavy atom. The van der Waals surface area contributed by atoms with E-state index in [1.165, 1.54) is 14.6 Å². The molecule has 0 radical (unpaired) electrons. The molecule has 1 fully saturated rings. The molecule has 1 saturated heterocycles. The molecule has 2 aromatic rings. The van der Waals surface area contributed by atoms with E-state index in [1.807, 2.05) is 53.4 Å². The van der Waals surface area contributed by atoms with Crippen LogP contribution in [0.2, 0.25) is 0 Å². The van der Waals surface area contributed by atoms with E-state index in [0.29, 0.717) is 31.3 Å². The van der Waals surface area contributed by atoms with Gasteiger partial charge in [-0.25, -0.2) is 8.42 Å². The average Bonchev–Trinajstić information content (AvgIpc) is 2.77. The molecule has 0 bridgehead atoms. The lowest BCUT2D eigenvalue weighted by Crippen LogP contribution is -2.52. The van der Waals surface area contributed by atoms with Gasteiger partial charge in [-0.15, -0.1) is 11.8 Å². The summed E-state index contributed by atoms with van der Waals surface area (Å²) in [5.41, 5.74) is 0.869. The molecule has 0 unspecified atom stereocenters. The minimum Gasteiger partial charge on any atom is -0.362 e. The fraction of sp³-hybridized carbons (Fsp3) is 0.286. The normalized spacial score (nSPS) is 15.5. The topological polar surface area (TPSA) is 52.7 Å². The predicted molar refractivity (Wildman–Crippen MR) is 125 cm³/mol. The highest BCUT2D eigenvalue weighted by Crippen LogP contribution is 2.16. The molecule has 1 heterocycles. The zero-order valence-electron chi connectivity index (χ0n) is 16.1. The van der Waals surface area contributed by atoms with E-state index in [-0.39, 0.29) is 0 Å². The molecule has 0 aliphatic carbocycles. The Morgan fingerprint density at radius 2 is 1.62 bits per heavy atom. The van der Waals surface area contributed by atoms with E-state index in [2.05, 4.69) is 17.4 Å². The van der Waals surface area contributed by atoms with Gasteiger partial charge in [0.05, 0.1) is 0 Å². The molecule has 0 spiro atoms. The molecule has 154 valence electrons. The molecule has 5 nitrogen and oxygen atoms in total. The van der Waals surface area contributed by atoms with Crippen LogP contribution in [0.25, 0.3) is 6.08 Å². The van der Waals surface area contributed by atoms with Gasteiger partial charge in [0.25, 0.3) is 0 Å². The highest BCUT2D eigenvalue weighted by Gasteiger charge is 2.25. The molecule has 3 rings (SSSR count). The Labute approximate surface area is 182 Å². The molecular formula is C21H25N3O2S3. The minimum atomic E-state index is -3.42. The molecule has 0 atom stereocenters. The van der Waals surface area contributed by atoms with Crippen LogP contribution >= 0.6 is 24.0 Å². The summed E-state index contributed by atoms with van der Waals surface area (Å²) in [6, 6.07) is 19.7. The van der Waals surface area contributed by atoms with Crippen LogP contribution in [0.1, 0.15) is 5.56 Å². The molecule has 0 aromatic heterocycles. The molecule has 1 N–H and O–H groups in total. The minimum absolute atomic E-state index is 0.433. The summed E-state index contributed by atoms with van der Waals surface area (Å²) in [6.07, 6.45) is 1.64. The molecule has 0 amide bonds. The van der Waals surface area contributed by atoms with Crippen LogP contribution in [0, 0.1) is 0 Å². The van der Waals surface area contributed by atoms with Gasteiger partial charge in [0, 0.05) is 48.8 Å². The number of nitrogens with one attached hydrogen (secondary N) is 1. The first-order valence-electron chi connectivity index (χ1n) is 9.48. The number of hydrogen-bond donors (Lipinski definition) is 1. The van der Waals surface area contributed by atoms with Gasteiger partial charge in [-0.1, -0.05) is 48.5 Å². The van der Waals surface area contributed by atoms with Crippen molar-refractivity contribution in [2.75, 3.05) is 38.5 Å². The third kappa shape index (κ3) is 6.85. The first-order chi connectivity index (χ1) is 14.0. The fourth-order valence-electron chi connectivity index (χ4n) is 2.92. The Bertz CT molecular complexity index is 911. The van der Waals surface area contributed by atoms with Gasteiger partial charge in [-0.3, -0.25) is 0 Å². The summed E-state index contributed by atoms with van der Waals surface area (Å²) in [4.78, 5) is 3.28. The summed E-state index contributed by atoms with van der Waals surface area (Å²) < 4.78 is 26.6. The lowest BCUT2D eigenvalue weighted by atomic mass is 10.2. The maximum Gasteiger partial charge on any atom is 0.236 e. The number of sulfonamides is 1. The monoisotopic (exact) mass is 447 g/mol. The number of rotatable bonds is 7. The quantitative estimate of drug-likeness (QED) is 0.399. The summed E-state index contributed by atoms with van der Waals surface area (Å²) >= 11 is 7.26. The molecule has 8 heteroatoms.